The Morgan fingerprint density at radius 3 is 3.00 bits per heavy atom. The summed E-state index contributed by atoms with van der Waals surface area (Å²) in [7, 11) is 0. The zero-order valence-electron chi connectivity index (χ0n) is 12.7. The molecule has 0 saturated carbocycles. The molecule has 7 heteroatoms. The van der Waals surface area contributed by atoms with Gasteiger partial charge in [0, 0.05) is 6.54 Å². The molecule has 0 radical (unpaired) electrons. The van der Waals surface area contributed by atoms with E-state index in [0.29, 0.717) is 29.9 Å². The van der Waals surface area contributed by atoms with E-state index in [2.05, 4.69) is 22.8 Å². The van der Waals surface area contributed by atoms with Crippen LogP contribution in [0, 0.1) is 11.3 Å². The van der Waals surface area contributed by atoms with Gasteiger partial charge in [-0.05, 0) is 19.1 Å². The molecule has 6 nitrogen and oxygen atoms in total. The average Bonchev–Trinajstić information content (AvgIpc) is 2.97. The maximum absolute atomic E-state index is 8.99. The first-order chi connectivity index (χ1) is 11.2. The molecule has 2 heterocycles. The second kappa shape index (κ2) is 6.75. The lowest BCUT2D eigenvalue weighted by molar-refractivity contribution is 0.0821. The van der Waals surface area contributed by atoms with Gasteiger partial charge in [-0.15, -0.1) is 16.8 Å². The first kappa shape index (κ1) is 15.4. The van der Waals surface area contributed by atoms with Crippen LogP contribution in [0.5, 0.6) is 11.5 Å². The molecule has 1 aromatic carbocycles. The van der Waals surface area contributed by atoms with Crippen LogP contribution in [0.4, 0.5) is 0 Å². The summed E-state index contributed by atoms with van der Waals surface area (Å²) in [6.45, 7) is 6.51. The number of aromatic nitrogens is 3. The summed E-state index contributed by atoms with van der Waals surface area (Å²) in [6, 6.07) is 9.72. The number of hydrogen-bond donors (Lipinski definition) is 0. The van der Waals surface area contributed by atoms with Gasteiger partial charge in [0.25, 0.3) is 0 Å². The number of thioether (sulfide) groups is 1. The van der Waals surface area contributed by atoms with Crippen LogP contribution in [0.1, 0.15) is 18.9 Å². The van der Waals surface area contributed by atoms with Crippen LogP contribution in [0.2, 0.25) is 0 Å². The molecule has 118 valence electrons. The van der Waals surface area contributed by atoms with Crippen LogP contribution < -0.4 is 9.47 Å². The molecule has 0 amide bonds. The summed E-state index contributed by atoms with van der Waals surface area (Å²) in [5.41, 5.74) is 0. The number of allylic oxidation sites excluding steroid dienone is 1. The molecule has 1 aliphatic rings. The predicted molar refractivity (Wildman–Crippen MR) is 86.5 cm³/mol. The quantitative estimate of drug-likeness (QED) is 0.620. The Kier molecular flexibility index (Phi) is 4.53. The standard InChI is InChI=1S/C16H16N4O2S/c1-3-8-20-15(18-19-16(20)23-11(2)9-17)14-10-21-12-6-4-5-7-13(12)22-14/h3-7,11,14H,1,8,10H2,2H3/t11-,14-/m0/s1. The van der Waals surface area contributed by atoms with Crippen molar-refractivity contribution in [3.8, 4) is 17.6 Å². The van der Waals surface area contributed by atoms with E-state index in [1.165, 1.54) is 11.8 Å². The Labute approximate surface area is 138 Å². The monoisotopic (exact) mass is 328 g/mol. The molecular formula is C16H16N4O2S. The summed E-state index contributed by atoms with van der Waals surface area (Å²) >= 11 is 1.36. The molecule has 0 N–H and O–H groups in total. The van der Waals surface area contributed by atoms with Crippen molar-refractivity contribution in [3.05, 3.63) is 42.7 Å². The van der Waals surface area contributed by atoms with Gasteiger partial charge in [-0.1, -0.05) is 30.0 Å². The fraction of sp³-hybridized carbons (Fsp3) is 0.312. The van der Waals surface area contributed by atoms with Gasteiger partial charge in [0.1, 0.15) is 6.61 Å². The highest BCUT2D eigenvalue weighted by molar-refractivity contribution is 8.00. The Morgan fingerprint density at radius 1 is 1.48 bits per heavy atom. The van der Waals surface area contributed by atoms with Gasteiger partial charge in [0.05, 0.1) is 11.3 Å². The van der Waals surface area contributed by atoms with E-state index in [1.54, 1.807) is 6.08 Å². The average molecular weight is 328 g/mol. The molecule has 2 aromatic rings. The molecule has 3 rings (SSSR count). The zero-order chi connectivity index (χ0) is 16.2. The maximum Gasteiger partial charge on any atom is 0.192 e. The summed E-state index contributed by atoms with van der Waals surface area (Å²) in [4.78, 5) is 0. The minimum atomic E-state index is -0.343. The SMILES string of the molecule is C=CCn1c(S[C@@H](C)C#N)nnc1[C@@H]1COc2ccccc2O1. The maximum atomic E-state index is 8.99. The van der Waals surface area contributed by atoms with E-state index in [-0.39, 0.29) is 11.4 Å². The van der Waals surface area contributed by atoms with Crippen molar-refractivity contribution >= 4 is 11.8 Å². The molecule has 1 aliphatic heterocycles. The number of hydrogen-bond acceptors (Lipinski definition) is 6. The molecule has 0 spiro atoms. The highest BCUT2D eigenvalue weighted by Crippen LogP contribution is 2.36. The van der Waals surface area contributed by atoms with Crippen LogP contribution in [0.25, 0.3) is 0 Å². The van der Waals surface area contributed by atoms with Gasteiger partial charge in [-0.3, -0.25) is 4.57 Å². The number of nitrogens with zero attached hydrogens (tertiary/aromatic N) is 4. The fourth-order valence-corrected chi connectivity index (χ4v) is 3.01. The molecule has 2 atom stereocenters. The Hall–Kier alpha value is -2.46. The van der Waals surface area contributed by atoms with Crippen molar-refractivity contribution < 1.29 is 9.47 Å². The van der Waals surface area contributed by atoms with Crippen LogP contribution in [0.15, 0.2) is 42.1 Å². The third-order valence-corrected chi connectivity index (χ3v) is 4.29. The Balaban J connectivity index is 1.88. The number of rotatable bonds is 5. The van der Waals surface area contributed by atoms with Crippen LogP contribution in [0.3, 0.4) is 0 Å². The Morgan fingerprint density at radius 2 is 2.26 bits per heavy atom. The van der Waals surface area contributed by atoms with Crippen molar-refractivity contribution in [2.45, 2.75) is 30.0 Å². The predicted octanol–water partition coefficient (Wildman–Crippen LogP) is 2.98. The molecule has 0 aliphatic carbocycles. The van der Waals surface area contributed by atoms with Crippen molar-refractivity contribution in [1.29, 1.82) is 5.26 Å². The molecule has 0 unspecified atom stereocenters. The van der Waals surface area contributed by atoms with E-state index >= 15 is 0 Å². The number of benzene rings is 1. The second-order valence-corrected chi connectivity index (χ2v) is 6.30. The molecule has 0 bridgehead atoms. The van der Waals surface area contributed by atoms with Gasteiger partial charge in [-0.25, -0.2) is 0 Å². The van der Waals surface area contributed by atoms with Crippen LogP contribution in [-0.2, 0) is 6.54 Å². The summed E-state index contributed by atoms with van der Waals surface area (Å²) < 4.78 is 13.6. The van der Waals surface area contributed by atoms with Gasteiger partial charge < -0.3 is 9.47 Å². The fourth-order valence-electron chi connectivity index (χ4n) is 2.26. The number of fused-ring (bicyclic) bond motifs is 1. The van der Waals surface area contributed by atoms with E-state index in [0.717, 1.165) is 5.75 Å². The number of para-hydroxylation sites is 2. The third-order valence-electron chi connectivity index (χ3n) is 3.32. The van der Waals surface area contributed by atoms with E-state index in [9.17, 15) is 0 Å². The van der Waals surface area contributed by atoms with E-state index in [4.69, 9.17) is 14.7 Å². The highest BCUT2D eigenvalue weighted by Gasteiger charge is 2.28. The topological polar surface area (TPSA) is 73.0 Å². The van der Waals surface area contributed by atoms with Gasteiger partial charge in [0.15, 0.2) is 28.6 Å². The summed E-state index contributed by atoms with van der Waals surface area (Å²) in [5, 5.41) is 17.9. The smallest absolute Gasteiger partial charge is 0.192 e. The zero-order valence-corrected chi connectivity index (χ0v) is 13.5. The first-order valence-corrected chi connectivity index (χ1v) is 8.09. The van der Waals surface area contributed by atoms with Crippen LogP contribution >= 0.6 is 11.8 Å². The summed E-state index contributed by atoms with van der Waals surface area (Å²) in [6.07, 6.45) is 1.43. The molecule has 0 saturated heterocycles. The van der Waals surface area contributed by atoms with E-state index < -0.39 is 0 Å². The van der Waals surface area contributed by atoms with Crippen molar-refractivity contribution in [2.75, 3.05) is 6.61 Å². The first-order valence-electron chi connectivity index (χ1n) is 7.21. The lowest BCUT2D eigenvalue weighted by Gasteiger charge is -2.26. The Bertz CT molecular complexity index is 753. The number of nitriles is 1. The second-order valence-electron chi connectivity index (χ2n) is 4.99. The van der Waals surface area contributed by atoms with Crippen molar-refractivity contribution in [1.82, 2.24) is 14.8 Å². The summed E-state index contributed by atoms with van der Waals surface area (Å²) in [5.74, 6) is 2.09. The van der Waals surface area contributed by atoms with Crippen LogP contribution in [-0.4, -0.2) is 26.6 Å². The van der Waals surface area contributed by atoms with Gasteiger partial charge in [0.2, 0.25) is 0 Å². The molecule has 0 fully saturated rings. The van der Waals surface area contributed by atoms with E-state index in [1.807, 2.05) is 35.8 Å². The number of ether oxygens (including phenoxy) is 2. The van der Waals surface area contributed by atoms with Crippen molar-refractivity contribution in [2.24, 2.45) is 0 Å². The lowest BCUT2D eigenvalue weighted by Crippen LogP contribution is -2.25. The van der Waals surface area contributed by atoms with Crippen molar-refractivity contribution in [3.63, 3.8) is 0 Å². The largest absolute Gasteiger partial charge is 0.485 e. The normalized spacial score (nSPS) is 17.3. The highest BCUT2D eigenvalue weighted by atomic mass is 32.2. The molecule has 1 aromatic heterocycles. The van der Waals surface area contributed by atoms with Gasteiger partial charge in [-0.2, -0.15) is 5.26 Å². The minimum absolute atomic E-state index is 0.208. The lowest BCUT2D eigenvalue weighted by atomic mass is 10.2. The molecule has 23 heavy (non-hydrogen) atoms. The molecular weight excluding hydrogens is 312 g/mol. The minimum Gasteiger partial charge on any atom is -0.485 e. The third kappa shape index (κ3) is 3.17. The van der Waals surface area contributed by atoms with Gasteiger partial charge >= 0.3 is 0 Å².